The number of aryl methyl sites for hydroxylation is 1. The molecule has 6 nitrogen and oxygen atoms in total. The zero-order valence-corrected chi connectivity index (χ0v) is 15.2. The predicted octanol–water partition coefficient (Wildman–Crippen LogP) is 2.35. The van der Waals surface area contributed by atoms with Crippen molar-refractivity contribution in [2.75, 3.05) is 39.1 Å². The molecule has 0 spiro atoms. The van der Waals surface area contributed by atoms with Crippen LogP contribution in [0.2, 0.25) is 0 Å². The highest BCUT2D eigenvalue weighted by Crippen LogP contribution is 2.31. The second-order valence-electron chi connectivity index (χ2n) is 5.69. The number of carbonyl (C=O) groups excluding carboxylic acids is 1. The lowest BCUT2D eigenvalue weighted by molar-refractivity contribution is -0.116. The van der Waals surface area contributed by atoms with Gasteiger partial charge in [0, 0.05) is 30.0 Å². The fraction of sp³-hybridized carbons (Fsp3) is 0.412. The third-order valence-corrected chi connectivity index (χ3v) is 4.24. The molecule has 7 heteroatoms. The van der Waals surface area contributed by atoms with Crippen molar-refractivity contribution in [3.8, 4) is 17.0 Å². The topological polar surface area (TPSA) is 80.5 Å². The number of nitrogens with zero attached hydrogens (tertiary/aromatic N) is 2. The Morgan fingerprint density at radius 1 is 1.33 bits per heavy atom. The molecular formula is C17H24N4O2S. The standard InChI is InChI=1S/C17H24N4O2S/c1-12-16(20-17(24-12)19-15(22)8-9-18)13-4-6-14(7-5-13)23-11-10-21(2)3/h4-7H,8-11,18H2,1-3H3,(H,19,20,22). The average molecular weight is 348 g/mol. The molecule has 0 bridgehead atoms. The van der Waals surface area contributed by atoms with Crippen LogP contribution in [0.4, 0.5) is 5.13 Å². The number of nitrogens with one attached hydrogen (secondary N) is 1. The van der Waals surface area contributed by atoms with Gasteiger partial charge in [-0.1, -0.05) is 0 Å². The van der Waals surface area contributed by atoms with Crippen molar-refractivity contribution in [2.45, 2.75) is 13.3 Å². The van der Waals surface area contributed by atoms with Crippen LogP contribution < -0.4 is 15.8 Å². The summed E-state index contributed by atoms with van der Waals surface area (Å²) < 4.78 is 5.69. The van der Waals surface area contributed by atoms with Gasteiger partial charge in [-0.3, -0.25) is 4.79 Å². The summed E-state index contributed by atoms with van der Waals surface area (Å²) in [4.78, 5) is 19.3. The molecule has 3 N–H and O–H groups in total. The van der Waals surface area contributed by atoms with Crippen molar-refractivity contribution < 1.29 is 9.53 Å². The summed E-state index contributed by atoms with van der Waals surface area (Å²) in [5.41, 5.74) is 7.26. The number of rotatable bonds is 8. The Labute approximate surface area is 146 Å². The largest absolute Gasteiger partial charge is 0.492 e. The molecule has 130 valence electrons. The minimum Gasteiger partial charge on any atom is -0.492 e. The van der Waals surface area contributed by atoms with Crippen LogP contribution in [0.15, 0.2) is 24.3 Å². The number of hydrogen-bond acceptors (Lipinski definition) is 6. The highest BCUT2D eigenvalue weighted by atomic mass is 32.1. The third-order valence-electron chi connectivity index (χ3n) is 3.35. The first kappa shape index (κ1) is 18.4. The zero-order chi connectivity index (χ0) is 17.5. The number of aromatic nitrogens is 1. The van der Waals surface area contributed by atoms with Crippen LogP contribution in [0.25, 0.3) is 11.3 Å². The van der Waals surface area contributed by atoms with E-state index in [1.807, 2.05) is 45.3 Å². The summed E-state index contributed by atoms with van der Waals surface area (Å²) in [7, 11) is 4.03. The van der Waals surface area contributed by atoms with E-state index in [4.69, 9.17) is 10.5 Å². The van der Waals surface area contributed by atoms with E-state index in [1.54, 1.807) is 0 Å². The highest BCUT2D eigenvalue weighted by molar-refractivity contribution is 7.16. The van der Waals surface area contributed by atoms with Crippen molar-refractivity contribution in [3.05, 3.63) is 29.1 Å². The van der Waals surface area contributed by atoms with Gasteiger partial charge in [0.1, 0.15) is 12.4 Å². The number of ether oxygens (including phenoxy) is 1. The van der Waals surface area contributed by atoms with Gasteiger partial charge in [0.25, 0.3) is 0 Å². The van der Waals surface area contributed by atoms with Gasteiger partial charge in [-0.15, -0.1) is 11.3 Å². The summed E-state index contributed by atoms with van der Waals surface area (Å²) in [6, 6.07) is 7.85. The maximum Gasteiger partial charge on any atom is 0.227 e. The maximum atomic E-state index is 11.6. The van der Waals surface area contributed by atoms with E-state index >= 15 is 0 Å². The molecule has 2 rings (SSSR count). The first-order valence-electron chi connectivity index (χ1n) is 7.85. The number of amides is 1. The average Bonchev–Trinajstić information content (AvgIpc) is 2.88. The third kappa shape index (κ3) is 5.30. The summed E-state index contributed by atoms with van der Waals surface area (Å²) in [5, 5.41) is 3.39. The quantitative estimate of drug-likeness (QED) is 0.765. The Bertz CT molecular complexity index is 668. The number of carbonyl (C=O) groups is 1. The predicted molar refractivity (Wildman–Crippen MR) is 98.6 cm³/mol. The van der Waals surface area contributed by atoms with E-state index in [0.29, 0.717) is 24.7 Å². The van der Waals surface area contributed by atoms with E-state index in [0.717, 1.165) is 28.4 Å². The van der Waals surface area contributed by atoms with Crippen LogP contribution in [0.3, 0.4) is 0 Å². The molecule has 24 heavy (non-hydrogen) atoms. The lowest BCUT2D eigenvalue weighted by atomic mass is 10.1. The Morgan fingerprint density at radius 2 is 2.04 bits per heavy atom. The SMILES string of the molecule is Cc1sc(NC(=O)CCN)nc1-c1ccc(OCCN(C)C)cc1. The van der Waals surface area contributed by atoms with Gasteiger partial charge in [0.05, 0.1) is 5.69 Å². The number of hydrogen-bond donors (Lipinski definition) is 2. The van der Waals surface area contributed by atoms with Crippen LogP contribution in [0.1, 0.15) is 11.3 Å². The first-order chi connectivity index (χ1) is 11.5. The molecule has 0 saturated carbocycles. The number of nitrogens with two attached hydrogens (primary N) is 1. The monoisotopic (exact) mass is 348 g/mol. The molecule has 1 amide bonds. The molecule has 1 heterocycles. The van der Waals surface area contributed by atoms with Crippen LogP contribution >= 0.6 is 11.3 Å². The summed E-state index contributed by atoms with van der Waals surface area (Å²) in [6.45, 7) is 3.85. The van der Waals surface area contributed by atoms with Crippen molar-refractivity contribution >= 4 is 22.4 Å². The van der Waals surface area contributed by atoms with Crippen LogP contribution in [-0.4, -0.2) is 49.6 Å². The highest BCUT2D eigenvalue weighted by Gasteiger charge is 2.12. The van der Waals surface area contributed by atoms with E-state index in [2.05, 4.69) is 15.2 Å². The molecule has 0 aliphatic rings. The lowest BCUT2D eigenvalue weighted by Crippen LogP contribution is -2.19. The number of anilines is 1. The van der Waals surface area contributed by atoms with Crippen LogP contribution in [-0.2, 0) is 4.79 Å². The smallest absolute Gasteiger partial charge is 0.227 e. The molecule has 1 aromatic carbocycles. The van der Waals surface area contributed by atoms with Crippen molar-refractivity contribution in [1.82, 2.24) is 9.88 Å². The normalized spacial score (nSPS) is 10.9. The second-order valence-corrected chi connectivity index (χ2v) is 6.89. The van der Waals surface area contributed by atoms with E-state index in [-0.39, 0.29) is 5.91 Å². The van der Waals surface area contributed by atoms with Crippen molar-refractivity contribution in [1.29, 1.82) is 0 Å². The molecule has 0 atom stereocenters. The minimum atomic E-state index is -0.109. The zero-order valence-electron chi connectivity index (χ0n) is 14.3. The Morgan fingerprint density at radius 3 is 2.67 bits per heavy atom. The van der Waals surface area contributed by atoms with Gasteiger partial charge in [-0.25, -0.2) is 4.98 Å². The van der Waals surface area contributed by atoms with Gasteiger partial charge in [0.2, 0.25) is 5.91 Å². The van der Waals surface area contributed by atoms with E-state index < -0.39 is 0 Å². The van der Waals surface area contributed by atoms with E-state index in [1.165, 1.54) is 11.3 Å². The first-order valence-corrected chi connectivity index (χ1v) is 8.66. The summed E-state index contributed by atoms with van der Waals surface area (Å²) in [6.07, 6.45) is 0.299. The minimum absolute atomic E-state index is 0.109. The van der Waals surface area contributed by atoms with Crippen LogP contribution in [0, 0.1) is 6.92 Å². The van der Waals surface area contributed by atoms with Gasteiger partial charge < -0.3 is 20.7 Å². The molecule has 0 fully saturated rings. The Kier molecular flexibility index (Phi) is 6.72. The molecule has 0 radical (unpaired) electrons. The molecular weight excluding hydrogens is 324 g/mol. The second kappa shape index (κ2) is 8.77. The molecule has 0 unspecified atom stereocenters. The molecule has 0 saturated heterocycles. The molecule has 0 aliphatic heterocycles. The van der Waals surface area contributed by atoms with Gasteiger partial charge in [0.15, 0.2) is 5.13 Å². The molecule has 2 aromatic rings. The van der Waals surface area contributed by atoms with Crippen molar-refractivity contribution in [3.63, 3.8) is 0 Å². The van der Waals surface area contributed by atoms with Gasteiger partial charge in [-0.2, -0.15) is 0 Å². The fourth-order valence-corrected chi connectivity index (χ4v) is 2.94. The number of benzene rings is 1. The number of likely N-dealkylation sites (N-methyl/N-ethyl adjacent to an activating group) is 1. The molecule has 1 aromatic heterocycles. The van der Waals surface area contributed by atoms with Gasteiger partial charge in [-0.05, 0) is 45.3 Å². The fourth-order valence-electron chi connectivity index (χ4n) is 2.09. The van der Waals surface area contributed by atoms with Crippen molar-refractivity contribution in [2.24, 2.45) is 5.73 Å². The Balaban J connectivity index is 2.03. The summed E-state index contributed by atoms with van der Waals surface area (Å²) >= 11 is 1.46. The number of thiazole rings is 1. The Hall–Kier alpha value is -1.96. The van der Waals surface area contributed by atoms with E-state index in [9.17, 15) is 4.79 Å². The molecule has 0 aliphatic carbocycles. The maximum absolute atomic E-state index is 11.6. The lowest BCUT2D eigenvalue weighted by Gasteiger charge is -2.11. The van der Waals surface area contributed by atoms with Crippen LogP contribution in [0.5, 0.6) is 5.75 Å². The summed E-state index contributed by atoms with van der Waals surface area (Å²) in [5.74, 6) is 0.729. The van der Waals surface area contributed by atoms with Gasteiger partial charge >= 0.3 is 0 Å².